The highest BCUT2D eigenvalue weighted by molar-refractivity contribution is 7.13. The van der Waals surface area contributed by atoms with Crippen LogP contribution in [0.2, 0.25) is 0 Å². The maximum absolute atomic E-state index is 12.8. The molecule has 1 aromatic carbocycles. The van der Waals surface area contributed by atoms with Crippen LogP contribution in [0.15, 0.2) is 60.1 Å². The zero-order chi connectivity index (χ0) is 21.9. The summed E-state index contributed by atoms with van der Waals surface area (Å²) >= 11 is 1.60. The smallest absolute Gasteiger partial charge is 0.273 e. The minimum absolute atomic E-state index is 0.201. The van der Waals surface area contributed by atoms with Gasteiger partial charge in [-0.25, -0.2) is 0 Å². The van der Waals surface area contributed by atoms with Crippen molar-refractivity contribution in [1.82, 2.24) is 20.0 Å². The van der Waals surface area contributed by atoms with Gasteiger partial charge in [-0.05, 0) is 54.6 Å². The van der Waals surface area contributed by atoms with Gasteiger partial charge in [0.05, 0.1) is 16.8 Å². The Hall–Kier alpha value is -3.72. The van der Waals surface area contributed by atoms with E-state index in [2.05, 4.69) is 30.8 Å². The topological polar surface area (TPSA) is 88.0 Å². The second-order valence-electron chi connectivity index (χ2n) is 7.67. The molecule has 0 atom stereocenters. The number of thiophene rings is 1. The molecule has 9 heteroatoms. The molecule has 0 unspecified atom stereocenters. The molecule has 2 N–H and O–H groups in total. The predicted molar refractivity (Wildman–Crippen MR) is 128 cm³/mol. The Kier molecular flexibility index (Phi) is 5.55. The lowest BCUT2D eigenvalue weighted by Crippen LogP contribution is -2.18. The molecule has 0 saturated carbocycles. The van der Waals surface area contributed by atoms with Gasteiger partial charge in [0.15, 0.2) is 5.82 Å². The molecule has 32 heavy (non-hydrogen) atoms. The van der Waals surface area contributed by atoms with Crippen molar-refractivity contribution in [2.24, 2.45) is 7.05 Å². The Bertz CT molecular complexity index is 1210. The van der Waals surface area contributed by atoms with Crippen molar-refractivity contribution in [3.05, 3.63) is 65.8 Å². The van der Waals surface area contributed by atoms with Crippen molar-refractivity contribution < 1.29 is 4.79 Å². The van der Waals surface area contributed by atoms with Crippen LogP contribution in [0.1, 0.15) is 23.3 Å². The first kappa shape index (κ1) is 20.2. The monoisotopic (exact) mass is 445 g/mol. The molecule has 4 heterocycles. The standard InChI is InChI=1S/C23H23N7OS/c1-29-20(14-19(28-29)21-5-4-12-32-21)23(31)26-17-8-6-16(7-9-17)25-22-13-18(15-24-27-22)30-10-2-3-11-30/h4-9,12-15H,2-3,10-11H2,1H3,(H,25,27)(H,26,31). The Balaban J connectivity index is 1.24. The summed E-state index contributed by atoms with van der Waals surface area (Å²) in [4.78, 5) is 16.1. The van der Waals surface area contributed by atoms with Gasteiger partial charge in [-0.1, -0.05) is 6.07 Å². The van der Waals surface area contributed by atoms with Crippen LogP contribution in [0.5, 0.6) is 0 Å². The molecule has 3 aromatic heterocycles. The largest absolute Gasteiger partial charge is 0.370 e. The number of benzene rings is 1. The van der Waals surface area contributed by atoms with Gasteiger partial charge in [0.1, 0.15) is 11.4 Å². The molecule has 5 rings (SSSR count). The van der Waals surface area contributed by atoms with Crippen molar-refractivity contribution in [3.63, 3.8) is 0 Å². The van der Waals surface area contributed by atoms with Crippen LogP contribution >= 0.6 is 11.3 Å². The molecule has 1 fully saturated rings. The SMILES string of the molecule is Cn1nc(-c2cccs2)cc1C(=O)Nc1ccc(Nc2cc(N3CCCC3)cnn2)cc1. The summed E-state index contributed by atoms with van der Waals surface area (Å²) in [5.41, 5.74) is 3.96. The summed E-state index contributed by atoms with van der Waals surface area (Å²) in [5, 5.41) is 21.0. The number of anilines is 4. The van der Waals surface area contributed by atoms with E-state index in [1.54, 1.807) is 29.3 Å². The van der Waals surface area contributed by atoms with E-state index >= 15 is 0 Å². The fourth-order valence-electron chi connectivity index (χ4n) is 3.77. The van der Waals surface area contributed by atoms with Crippen molar-refractivity contribution in [3.8, 4) is 10.6 Å². The third kappa shape index (κ3) is 4.33. The number of aryl methyl sites for hydroxylation is 1. The van der Waals surface area contributed by atoms with E-state index in [0.29, 0.717) is 17.2 Å². The minimum Gasteiger partial charge on any atom is -0.370 e. The highest BCUT2D eigenvalue weighted by Crippen LogP contribution is 2.25. The normalized spacial score (nSPS) is 13.3. The average molecular weight is 446 g/mol. The number of aromatic nitrogens is 4. The van der Waals surface area contributed by atoms with Gasteiger partial charge in [0.25, 0.3) is 5.91 Å². The van der Waals surface area contributed by atoms with Crippen LogP contribution in [0, 0.1) is 0 Å². The maximum atomic E-state index is 12.8. The highest BCUT2D eigenvalue weighted by Gasteiger charge is 2.16. The Morgan fingerprint density at radius 2 is 1.84 bits per heavy atom. The summed E-state index contributed by atoms with van der Waals surface area (Å²) in [6.07, 6.45) is 4.23. The van der Waals surface area contributed by atoms with Gasteiger partial charge in [-0.3, -0.25) is 9.48 Å². The molecule has 0 spiro atoms. The van der Waals surface area contributed by atoms with Crippen molar-refractivity contribution >= 4 is 40.1 Å². The number of amides is 1. The number of carbonyl (C=O) groups is 1. The molecular weight excluding hydrogens is 422 g/mol. The third-order valence-corrected chi connectivity index (χ3v) is 6.30. The van der Waals surface area contributed by atoms with Crippen molar-refractivity contribution in [2.45, 2.75) is 12.8 Å². The number of nitrogens with one attached hydrogen (secondary N) is 2. The molecule has 162 valence electrons. The summed E-state index contributed by atoms with van der Waals surface area (Å²) in [6.45, 7) is 2.12. The minimum atomic E-state index is -0.201. The second-order valence-corrected chi connectivity index (χ2v) is 8.61. The zero-order valence-electron chi connectivity index (χ0n) is 17.7. The Morgan fingerprint density at radius 1 is 1.06 bits per heavy atom. The molecule has 1 aliphatic rings. The molecule has 1 saturated heterocycles. The van der Waals surface area contributed by atoms with Gasteiger partial charge < -0.3 is 15.5 Å². The average Bonchev–Trinajstić information content (AvgIpc) is 3.57. The molecule has 0 bridgehead atoms. The summed E-state index contributed by atoms with van der Waals surface area (Å²) in [5.74, 6) is 0.495. The lowest BCUT2D eigenvalue weighted by molar-refractivity contribution is 0.101. The number of hydrogen-bond acceptors (Lipinski definition) is 7. The van der Waals surface area contributed by atoms with E-state index in [9.17, 15) is 4.79 Å². The van der Waals surface area contributed by atoms with Crippen LogP contribution in [0.4, 0.5) is 22.9 Å². The molecule has 0 aliphatic carbocycles. The van der Waals surface area contributed by atoms with E-state index in [0.717, 1.165) is 35.0 Å². The van der Waals surface area contributed by atoms with E-state index in [1.165, 1.54) is 12.8 Å². The number of rotatable bonds is 6. The van der Waals surface area contributed by atoms with E-state index in [4.69, 9.17) is 0 Å². The predicted octanol–water partition coefficient (Wildman–Crippen LogP) is 4.53. The third-order valence-electron chi connectivity index (χ3n) is 5.41. The van der Waals surface area contributed by atoms with Crippen molar-refractivity contribution in [1.29, 1.82) is 0 Å². The van der Waals surface area contributed by atoms with Gasteiger partial charge in [0, 0.05) is 37.6 Å². The zero-order valence-corrected chi connectivity index (χ0v) is 18.5. The molecule has 1 amide bonds. The molecule has 0 radical (unpaired) electrons. The molecule has 1 aliphatic heterocycles. The fraction of sp³-hybridized carbons (Fsp3) is 0.217. The van der Waals surface area contributed by atoms with E-state index in [1.807, 2.05) is 53.9 Å². The lowest BCUT2D eigenvalue weighted by Gasteiger charge is -2.17. The fourth-order valence-corrected chi connectivity index (χ4v) is 4.45. The van der Waals surface area contributed by atoms with Crippen LogP contribution in [0.3, 0.4) is 0 Å². The van der Waals surface area contributed by atoms with Gasteiger partial charge >= 0.3 is 0 Å². The first-order chi connectivity index (χ1) is 15.7. The first-order valence-electron chi connectivity index (χ1n) is 10.5. The number of hydrogen-bond donors (Lipinski definition) is 2. The molecular formula is C23H23N7OS. The number of carbonyl (C=O) groups excluding carboxylic acids is 1. The van der Waals surface area contributed by atoms with Gasteiger partial charge in [-0.2, -0.15) is 10.2 Å². The van der Waals surface area contributed by atoms with Crippen LogP contribution in [0.25, 0.3) is 10.6 Å². The van der Waals surface area contributed by atoms with E-state index in [-0.39, 0.29) is 5.91 Å². The van der Waals surface area contributed by atoms with Crippen molar-refractivity contribution in [2.75, 3.05) is 28.6 Å². The maximum Gasteiger partial charge on any atom is 0.273 e. The van der Waals surface area contributed by atoms with Gasteiger partial charge in [-0.15, -0.1) is 16.4 Å². The summed E-state index contributed by atoms with van der Waals surface area (Å²) in [6, 6.07) is 15.3. The van der Waals surface area contributed by atoms with E-state index < -0.39 is 0 Å². The summed E-state index contributed by atoms with van der Waals surface area (Å²) < 4.78 is 1.60. The Morgan fingerprint density at radius 3 is 2.59 bits per heavy atom. The lowest BCUT2D eigenvalue weighted by atomic mass is 10.2. The highest BCUT2D eigenvalue weighted by atomic mass is 32.1. The second kappa shape index (κ2) is 8.80. The van der Waals surface area contributed by atoms with Crippen LogP contribution < -0.4 is 15.5 Å². The van der Waals surface area contributed by atoms with Crippen LogP contribution in [-0.2, 0) is 7.05 Å². The van der Waals surface area contributed by atoms with Crippen LogP contribution in [-0.4, -0.2) is 39.0 Å². The molecule has 4 aromatic rings. The first-order valence-corrected chi connectivity index (χ1v) is 11.4. The van der Waals surface area contributed by atoms with Gasteiger partial charge in [0.2, 0.25) is 0 Å². The number of nitrogens with zero attached hydrogens (tertiary/aromatic N) is 5. The Labute approximate surface area is 189 Å². The quantitative estimate of drug-likeness (QED) is 0.453. The molecule has 8 nitrogen and oxygen atoms in total. The summed E-state index contributed by atoms with van der Waals surface area (Å²) in [7, 11) is 1.77.